The first-order chi connectivity index (χ1) is 13.1. The smallest absolute Gasteiger partial charge is 0.341 e. The van der Waals surface area contributed by atoms with E-state index < -0.39 is 45.4 Å². The number of sulfonamides is 1. The summed E-state index contributed by atoms with van der Waals surface area (Å²) in [7, 11) is -3.89. The summed E-state index contributed by atoms with van der Waals surface area (Å²) in [5, 5.41) is 2.68. The molecule has 156 valence electrons. The van der Waals surface area contributed by atoms with E-state index in [4.69, 9.17) is 9.47 Å². The lowest BCUT2D eigenvalue weighted by molar-refractivity contribution is -0.125. The number of nitrogens with one attached hydrogen (secondary N) is 1. The monoisotopic (exact) mass is 416 g/mol. The van der Waals surface area contributed by atoms with Gasteiger partial charge in [-0.2, -0.15) is 4.31 Å². The molecule has 1 amide bonds. The first kappa shape index (κ1) is 22.3. The Balaban J connectivity index is 2.12. The molecule has 0 unspecified atom stereocenters. The second-order valence-corrected chi connectivity index (χ2v) is 8.96. The third-order valence-electron chi connectivity index (χ3n) is 4.46. The van der Waals surface area contributed by atoms with Crippen LogP contribution in [0, 0.1) is 5.82 Å². The summed E-state index contributed by atoms with van der Waals surface area (Å²) in [6.45, 7) is 5.79. The maximum atomic E-state index is 14.1. The molecular formula is C18H25FN2O6S. The van der Waals surface area contributed by atoms with Crippen LogP contribution >= 0.6 is 0 Å². The number of halogens is 1. The Morgan fingerprint density at radius 3 is 2.54 bits per heavy atom. The average Bonchev–Trinajstić information content (AvgIpc) is 2.66. The number of hydrogen-bond donors (Lipinski definition) is 1. The van der Waals surface area contributed by atoms with Crippen molar-refractivity contribution in [2.75, 3.05) is 32.9 Å². The van der Waals surface area contributed by atoms with Crippen LogP contribution in [0.1, 0.15) is 37.6 Å². The minimum atomic E-state index is -3.89. The minimum absolute atomic E-state index is 0.173. The lowest BCUT2D eigenvalue weighted by Gasteiger charge is -2.26. The van der Waals surface area contributed by atoms with Gasteiger partial charge >= 0.3 is 5.97 Å². The van der Waals surface area contributed by atoms with Crippen LogP contribution in [0.4, 0.5) is 4.39 Å². The van der Waals surface area contributed by atoms with Crippen molar-refractivity contribution in [2.24, 2.45) is 0 Å². The topological polar surface area (TPSA) is 102 Å². The molecule has 2 rings (SSSR count). The van der Waals surface area contributed by atoms with Crippen molar-refractivity contribution in [1.29, 1.82) is 0 Å². The average molecular weight is 416 g/mol. The summed E-state index contributed by atoms with van der Waals surface area (Å²) in [4.78, 5) is 23.8. The fourth-order valence-corrected chi connectivity index (χ4v) is 3.90. The van der Waals surface area contributed by atoms with Gasteiger partial charge in [-0.05, 0) is 38.5 Å². The molecule has 1 aromatic rings. The Bertz CT molecular complexity index is 834. The molecule has 1 aliphatic heterocycles. The molecule has 1 aromatic carbocycles. The molecule has 0 aliphatic carbocycles. The first-order valence-electron chi connectivity index (χ1n) is 8.92. The molecule has 0 bridgehead atoms. The Kier molecular flexibility index (Phi) is 7.13. The minimum Gasteiger partial charge on any atom is -0.452 e. The van der Waals surface area contributed by atoms with E-state index in [1.54, 1.807) is 0 Å². The quantitative estimate of drug-likeness (QED) is 0.673. The van der Waals surface area contributed by atoms with Gasteiger partial charge in [0.2, 0.25) is 10.0 Å². The van der Waals surface area contributed by atoms with Gasteiger partial charge in [0, 0.05) is 18.6 Å². The molecule has 0 atom stereocenters. The molecule has 10 heteroatoms. The molecule has 28 heavy (non-hydrogen) atoms. The van der Waals surface area contributed by atoms with Gasteiger partial charge in [0.15, 0.2) is 6.61 Å². The van der Waals surface area contributed by atoms with Gasteiger partial charge < -0.3 is 14.8 Å². The third-order valence-corrected chi connectivity index (χ3v) is 6.36. The van der Waals surface area contributed by atoms with Crippen molar-refractivity contribution >= 4 is 21.9 Å². The van der Waals surface area contributed by atoms with Crippen LogP contribution in [-0.2, 0) is 24.3 Å². The van der Waals surface area contributed by atoms with E-state index in [1.165, 1.54) is 4.31 Å². The zero-order valence-electron chi connectivity index (χ0n) is 16.2. The number of ether oxygens (including phenoxy) is 2. The highest BCUT2D eigenvalue weighted by Crippen LogP contribution is 2.21. The van der Waals surface area contributed by atoms with Gasteiger partial charge in [-0.15, -0.1) is 0 Å². The van der Waals surface area contributed by atoms with Crippen molar-refractivity contribution in [2.45, 2.75) is 37.6 Å². The van der Waals surface area contributed by atoms with Gasteiger partial charge in [-0.3, -0.25) is 4.79 Å². The summed E-state index contributed by atoms with van der Waals surface area (Å²) in [5.74, 6) is -2.57. The van der Waals surface area contributed by atoms with E-state index in [0.717, 1.165) is 18.2 Å². The van der Waals surface area contributed by atoms with Gasteiger partial charge in [-0.25, -0.2) is 17.6 Å². The Labute approximate surface area is 164 Å². The maximum Gasteiger partial charge on any atom is 0.341 e. The van der Waals surface area contributed by atoms with Gasteiger partial charge in [0.05, 0.1) is 23.7 Å². The SMILES string of the molecule is CCC(C)(C)NC(=O)COC(=O)c1cc(S(=O)(=O)N2CCOCC2)ccc1F. The van der Waals surface area contributed by atoms with Crippen LogP contribution in [0.2, 0.25) is 0 Å². The van der Waals surface area contributed by atoms with Crippen LogP contribution in [0.5, 0.6) is 0 Å². The molecule has 1 aliphatic rings. The number of carbonyl (C=O) groups is 2. The van der Waals surface area contributed by atoms with E-state index in [0.29, 0.717) is 6.42 Å². The molecular weight excluding hydrogens is 391 g/mol. The Morgan fingerprint density at radius 1 is 1.29 bits per heavy atom. The van der Waals surface area contributed by atoms with Crippen LogP contribution in [0.15, 0.2) is 23.1 Å². The first-order valence-corrected chi connectivity index (χ1v) is 10.4. The summed E-state index contributed by atoms with van der Waals surface area (Å²) < 4.78 is 50.6. The highest BCUT2D eigenvalue weighted by atomic mass is 32.2. The van der Waals surface area contributed by atoms with E-state index in [2.05, 4.69) is 5.32 Å². The zero-order chi connectivity index (χ0) is 20.9. The highest BCUT2D eigenvalue weighted by molar-refractivity contribution is 7.89. The summed E-state index contributed by atoms with van der Waals surface area (Å²) >= 11 is 0. The predicted molar refractivity (Wildman–Crippen MR) is 98.8 cm³/mol. The number of rotatable bonds is 7. The van der Waals surface area contributed by atoms with Crippen LogP contribution in [-0.4, -0.2) is 63.0 Å². The van der Waals surface area contributed by atoms with Crippen molar-refractivity contribution in [3.8, 4) is 0 Å². The van der Waals surface area contributed by atoms with Gasteiger partial charge in [0.25, 0.3) is 5.91 Å². The fourth-order valence-electron chi connectivity index (χ4n) is 2.47. The fraction of sp³-hybridized carbons (Fsp3) is 0.556. The summed E-state index contributed by atoms with van der Waals surface area (Å²) in [5.41, 5.74) is -1.02. The highest BCUT2D eigenvalue weighted by Gasteiger charge is 2.28. The predicted octanol–water partition coefficient (Wildman–Crippen LogP) is 1.31. The lowest BCUT2D eigenvalue weighted by atomic mass is 10.0. The Morgan fingerprint density at radius 2 is 1.93 bits per heavy atom. The lowest BCUT2D eigenvalue weighted by Crippen LogP contribution is -2.44. The molecule has 1 saturated heterocycles. The van der Waals surface area contributed by atoms with Crippen molar-refractivity contribution < 1.29 is 31.9 Å². The number of benzene rings is 1. The van der Waals surface area contributed by atoms with E-state index in [-0.39, 0.29) is 31.2 Å². The van der Waals surface area contributed by atoms with E-state index in [1.807, 2.05) is 20.8 Å². The maximum absolute atomic E-state index is 14.1. The number of morpholine rings is 1. The summed E-state index contributed by atoms with van der Waals surface area (Å²) in [6.07, 6.45) is 0.669. The number of amides is 1. The van der Waals surface area contributed by atoms with Gasteiger partial charge in [-0.1, -0.05) is 6.92 Å². The van der Waals surface area contributed by atoms with Crippen molar-refractivity contribution in [1.82, 2.24) is 9.62 Å². The molecule has 1 fully saturated rings. The van der Waals surface area contributed by atoms with Crippen LogP contribution < -0.4 is 5.32 Å². The number of nitrogens with zero attached hydrogens (tertiary/aromatic N) is 1. The standard InChI is InChI=1S/C18H25FN2O6S/c1-4-18(2,3)20-16(22)12-27-17(23)14-11-13(5-6-15(14)19)28(24,25)21-7-9-26-10-8-21/h5-6,11H,4,7-10,12H2,1-3H3,(H,20,22). The molecule has 1 heterocycles. The molecule has 0 radical (unpaired) electrons. The number of hydrogen-bond acceptors (Lipinski definition) is 6. The van der Waals surface area contributed by atoms with Crippen molar-refractivity contribution in [3.63, 3.8) is 0 Å². The Hall–Kier alpha value is -2.04. The normalized spacial score (nSPS) is 15.9. The van der Waals surface area contributed by atoms with E-state index in [9.17, 15) is 22.4 Å². The summed E-state index contributed by atoms with van der Waals surface area (Å²) in [6, 6.07) is 2.91. The molecule has 1 N–H and O–H groups in total. The van der Waals surface area contributed by atoms with E-state index >= 15 is 0 Å². The largest absolute Gasteiger partial charge is 0.452 e. The second-order valence-electron chi connectivity index (χ2n) is 7.02. The molecule has 0 aromatic heterocycles. The second kappa shape index (κ2) is 8.97. The molecule has 0 spiro atoms. The van der Waals surface area contributed by atoms with Crippen molar-refractivity contribution in [3.05, 3.63) is 29.6 Å². The number of esters is 1. The van der Waals surface area contributed by atoms with Crippen LogP contribution in [0.3, 0.4) is 0 Å². The third kappa shape index (κ3) is 5.49. The van der Waals surface area contributed by atoms with Gasteiger partial charge in [0.1, 0.15) is 5.82 Å². The zero-order valence-corrected chi connectivity index (χ0v) is 17.0. The molecule has 0 saturated carbocycles. The number of carbonyl (C=O) groups excluding carboxylic acids is 2. The molecule has 8 nitrogen and oxygen atoms in total. The van der Waals surface area contributed by atoms with Crippen LogP contribution in [0.25, 0.3) is 0 Å².